The zero-order valence-electron chi connectivity index (χ0n) is 11.1. The van der Waals surface area contributed by atoms with Crippen LogP contribution in [0.4, 0.5) is 0 Å². The lowest BCUT2D eigenvalue weighted by atomic mass is 10.0. The molecule has 1 unspecified atom stereocenters. The molecule has 1 aromatic heterocycles. The van der Waals surface area contributed by atoms with E-state index in [9.17, 15) is 0 Å². The van der Waals surface area contributed by atoms with Crippen molar-refractivity contribution in [1.82, 2.24) is 10.4 Å². The van der Waals surface area contributed by atoms with Gasteiger partial charge in [-0.1, -0.05) is 6.07 Å². The number of nitrogens with zero attached hydrogens (tertiary/aromatic N) is 1. The summed E-state index contributed by atoms with van der Waals surface area (Å²) < 4.78 is 10.5. The molecular formula is C13H17N3O2S. The summed E-state index contributed by atoms with van der Waals surface area (Å²) in [7, 11) is 3.22. The molecule has 2 aromatic rings. The number of ether oxygens (including phenoxy) is 2. The van der Waals surface area contributed by atoms with Crippen molar-refractivity contribution in [3.05, 3.63) is 39.8 Å². The van der Waals surface area contributed by atoms with Crippen LogP contribution in [0.2, 0.25) is 0 Å². The van der Waals surface area contributed by atoms with Crippen LogP contribution in [0.15, 0.2) is 23.6 Å². The maximum absolute atomic E-state index is 5.65. The first-order valence-electron chi connectivity index (χ1n) is 5.79. The van der Waals surface area contributed by atoms with Crippen LogP contribution in [0.25, 0.3) is 0 Å². The third kappa shape index (κ3) is 2.86. The van der Waals surface area contributed by atoms with E-state index in [2.05, 4.69) is 10.4 Å². The first-order valence-corrected chi connectivity index (χ1v) is 6.67. The number of rotatable bonds is 5. The minimum atomic E-state index is -0.162. The number of methoxy groups -OCH3 is 2. The zero-order chi connectivity index (χ0) is 13.8. The molecule has 19 heavy (non-hydrogen) atoms. The van der Waals surface area contributed by atoms with Crippen molar-refractivity contribution in [2.45, 2.75) is 13.0 Å². The molecule has 0 aliphatic carbocycles. The summed E-state index contributed by atoms with van der Waals surface area (Å²) in [6, 6.07) is 5.54. The summed E-state index contributed by atoms with van der Waals surface area (Å²) in [5, 5.41) is 3.01. The number of hydrazine groups is 1. The fourth-order valence-corrected chi connectivity index (χ4v) is 2.54. The molecule has 0 saturated heterocycles. The van der Waals surface area contributed by atoms with Gasteiger partial charge in [0.05, 0.1) is 31.0 Å². The van der Waals surface area contributed by atoms with E-state index in [-0.39, 0.29) is 6.04 Å². The molecule has 1 atom stereocenters. The Bertz CT molecular complexity index is 557. The largest absolute Gasteiger partial charge is 0.493 e. The van der Waals surface area contributed by atoms with E-state index in [1.54, 1.807) is 25.6 Å². The minimum absolute atomic E-state index is 0.162. The number of hydrogen-bond donors (Lipinski definition) is 2. The monoisotopic (exact) mass is 279 g/mol. The second-order valence-corrected chi connectivity index (χ2v) is 5.07. The second-order valence-electron chi connectivity index (χ2n) is 4.01. The van der Waals surface area contributed by atoms with Crippen molar-refractivity contribution in [2.75, 3.05) is 14.2 Å². The highest BCUT2D eigenvalue weighted by Gasteiger charge is 2.17. The molecule has 1 heterocycles. The Morgan fingerprint density at radius 2 is 2.00 bits per heavy atom. The minimum Gasteiger partial charge on any atom is -0.493 e. The fraction of sp³-hybridized carbons (Fsp3) is 0.308. The number of benzene rings is 1. The molecule has 0 fully saturated rings. The number of aryl methyl sites for hydroxylation is 1. The van der Waals surface area contributed by atoms with Gasteiger partial charge in [0.1, 0.15) is 0 Å². The van der Waals surface area contributed by atoms with Crippen LogP contribution < -0.4 is 20.7 Å². The van der Waals surface area contributed by atoms with Crippen LogP contribution in [0, 0.1) is 6.92 Å². The molecule has 3 N–H and O–H groups in total. The smallest absolute Gasteiger partial charge is 0.161 e. The van der Waals surface area contributed by atoms with E-state index < -0.39 is 0 Å². The van der Waals surface area contributed by atoms with E-state index in [0.717, 1.165) is 16.3 Å². The molecular weight excluding hydrogens is 262 g/mol. The summed E-state index contributed by atoms with van der Waals surface area (Å²) in [5.74, 6) is 7.02. The third-order valence-electron chi connectivity index (χ3n) is 2.84. The molecule has 0 radical (unpaired) electrons. The lowest BCUT2D eigenvalue weighted by Crippen LogP contribution is -2.29. The zero-order valence-corrected chi connectivity index (χ0v) is 12.0. The second kappa shape index (κ2) is 6.01. The summed E-state index contributed by atoms with van der Waals surface area (Å²) in [5.41, 5.74) is 4.66. The summed E-state index contributed by atoms with van der Waals surface area (Å²) >= 11 is 1.60. The molecule has 0 saturated carbocycles. The summed E-state index contributed by atoms with van der Waals surface area (Å²) in [4.78, 5) is 4.46. The van der Waals surface area contributed by atoms with Gasteiger partial charge in [0.15, 0.2) is 11.5 Å². The Labute approximate surface area is 116 Å². The third-order valence-corrected chi connectivity index (χ3v) is 3.63. The Balaban J connectivity index is 2.38. The van der Waals surface area contributed by atoms with Crippen molar-refractivity contribution in [3.63, 3.8) is 0 Å². The van der Waals surface area contributed by atoms with Crippen LogP contribution in [0.1, 0.15) is 22.3 Å². The quantitative estimate of drug-likeness (QED) is 0.647. The van der Waals surface area contributed by atoms with Crippen LogP contribution in [0.3, 0.4) is 0 Å². The first kappa shape index (κ1) is 13.8. The van der Waals surface area contributed by atoms with Crippen molar-refractivity contribution >= 4 is 11.3 Å². The average molecular weight is 279 g/mol. The van der Waals surface area contributed by atoms with E-state index >= 15 is 0 Å². The van der Waals surface area contributed by atoms with Gasteiger partial charge in [0.2, 0.25) is 0 Å². The van der Waals surface area contributed by atoms with Gasteiger partial charge >= 0.3 is 0 Å². The molecule has 0 aliphatic heterocycles. The van der Waals surface area contributed by atoms with E-state index in [1.807, 2.05) is 30.5 Å². The van der Waals surface area contributed by atoms with Crippen molar-refractivity contribution in [2.24, 2.45) is 5.84 Å². The Morgan fingerprint density at radius 3 is 2.53 bits per heavy atom. The SMILES string of the molecule is COc1ccc(C(NN)c2csc(C)n2)cc1OC. The average Bonchev–Trinajstić information content (AvgIpc) is 2.86. The molecule has 0 aliphatic rings. The normalized spacial score (nSPS) is 12.2. The molecule has 0 bridgehead atoms. The lowest BCUT2D eigenvalue weighted by Gasteiger charge is -2.16. The molecule has 6 heteroatoms. The number of nitrogens with two attached hydrogens (primary N) is 1. The van der Waals surface area contributed by atoms with E-state index in [4.69, 9.17) is 15.3 Å². The fourth-order valence-electron chi connectivity index (χ4n) is 1.90. The molecule has 0 spiro atoms. The topological polar surface area (TPSA) is 69.4 Å². The maximum Gasteiger partial charge on any atom is 0.161 e. The van der Waals surface area contributed by atoms with Crippen LogP contribution in [-0.2, 0) is 0 Å². The molecule has 5 nitrogen and oxygen atoms in total. The van der Waals surface area contributed by atoms with Gasteiger partial charge in [-0.2, -0.15) is 0 Å². The van der Waals surface area contributed by atoms with Gasteiger partial charge < -0.3 is 9.47 Å². The summed E-state index contributed by atoms with van der Waals surface area (Å²) in [6.45, 7) is 1.97. The molecule has 102 valence electrons. The standard InChI is InChI=1S/C13H17N3O2S/c1-8-15-10(7-19-8)13(16-14)9-4-5-11(17-2)12(6-9)18-3/h4-7,13,16H,14H2,1-3H3. The Kier molecular flexibility index (Phi) is 4.36. The Morgan fingerprint density at radius 1 is 1.26 bits per heavy atom. The molecule has 1 aromatic carbocycles. The van der Waals surface area contributed by atoms with Gasteiger partial charge in [0, 0.05) is 5.38 Å². The highest BCUT2D eigenvalue weighted by molar-refractivity contribution is 7.09. The Hall–Kier alpha value is -1.63. The van der Waals surface area contributed by atoms with Gasteiger partial charge in [-0.05, 0) is 24.6 Å². The number of hydrogen-bond acceptors (Lipinski definition) is 6. The van der Waals surface area contributed by atoms with Gasteiger partial charge in [0.25, 0.3) is 0 Å². The number of thiazole rings is 1. The van der Waals surface area contributed by atoms with Crippen LogP contribution >= 0.6 is 11.3 Å². The van der Waals surface area contributed by atoms with Crippen molar-refractivity contribution in [1.29, 1.82) is 0 Å². The first-order chi connectivity index (χ1) is 9.19. The van der Waals surface area contributed by atoms with Gasteiger partial charge in [-0.25, -0.2) is 10.4 Å². The molecule has 2 rings (SSSR count). The van der Waals surface area contributed by atoms with Crippen molar-refractivity contribution in [3.8, 4) is 11.5 Å². The predicted octanol–water partition coefficient (Wildman–Crippen LogP) is 2.02. The lowest BCUT2D eigenvalue weighted by molar-refractivity contribution is 0.354. The van der Waals surface area contributed by atoms with E-state index in [1.165, 1.54) is 0 Å². The number of nitrogens with one attached hydrogen (secondary N) is 1. The maximum atomic E-state index is 5.65. The predicted molar refractivity (Wildman–Crippen MR) is 75.6 cm³/mol. The summed E-state index contributed by atoms with van der Waals surface area (Å²) in [6.07, 6.45) is 0. The van der Waals surface area contributed by atoms with Crippen LogP contribution in [-0.4, -0.2) is 19.2 Å². The highest BCUT2D eigenvalue weighted by atomic mass is 32.1. The van der Waals surface area contributed by atoms with Gasteiger partial charge in [-0.3, -0.25) is 5.84 Å². The molecule has 0 amide bonds. The van der Waals surface area contributed by atoms with Crippen LogP contribution in [0.5, 0.6) is 11.5 Å². The number of aromatic nitrogens is 1. The highest BCUT2D eigenvalue weighted by Crippen LogP contribution is 2.32. The van der Waals surface area contributed by atoms with Gasteiger partial charge in [-0.15, -0.1) is 11.3 Å². The van der Waals surface area contributed by atoms with E-state index in [0.29, 0.717) is 11.5 Å². The van der Waals surface area contributed by atoms with Crippen molar-refractivity contribution < 1.29 is 9.47 Å².